The number of guanidine groups is 1. The van der Waals surface area contributed by atoms with Crippen molar-refractivity contribution in [2.75, 3.05) is 52.6 Å². The predicted octanol–water partition coefficient (Wildman–Crippen LogP) is 3.14. The molecule has 1 saturated heterocycles. The van der Waals surface area contributed by atoms with Crippen molar-refractivity contribution < 1.29 is 9.47 Å². The van der Waals surface area contributed by atoms with E-state index in [0.29, 0.717) is 26.4 Å². The van der Waals surface area contributed by atoms with Crippen molar-refractivity contribution in [2.24, 2.45) is 10.9 Å². The van der Waals surface area contributed by atoms with E-state index in [4.69, 9.17) is 9.47 Å². The molecule has 1 rings (SSSR count). The van der Waals surface area contributed by atoms with Crippen LogP contribution in [0, 0.1) is 5.92 Å². The molecule has 1 unspecified atom stereocenters. The largest absolute Gasteiger partial charge is 0.379 e. The number of aliphatic imine (C=N–C) groups is 1. The molecule has 1 heterocycles. The van der Waals surface area contributed by atoms with Gasteiger partial charge in [-0.15, -0.1) is 24.0 Å². The van der Waals surface area contributed by atoms with Crippen LogP contribution in [0.5, 0.6) is 0 Å². The minimum absolute atomic E-state index is 0. The van der Waals surface area contributed by atoms with Crippen LogP contribution in [-0.2, 0) is 9.47 Å². The number of ether oxygens (including phenoxy) is 2. The van der Waals surface area contributed by atoms with Crippen LogP contribution in [-0.4, -0.2) is 63.5 Å². The third-order valence-corrected chi connectivity index (χ3v) is 3.80. The summed E-state index contributed by atoms with van der Waals surface area (Å²) in [6.07, 6.45) is 4.90. The number of halogens is 1. The Hall–Kier alpha value is -0.0800. The van der Waals surface area contributed by atoms with Crippen LogP contribution in [0.15, 0.2) is 4.99 Å². The number of rotatable bonds is 10. The van der Waals surface area contributed by atoms with Crippen LogP contribution >= 0.6 is 24.0 Å². The molecule has 0 aromatic rings. The highest BCUT2D eigenvalue weighted by atomic mass is 127. The molecule has 0 aromatic heterocycles. The summed E-state index contributed by atoms with van der Waals surface area (Å²) in [5, 5.41) is 3.39. The second-order valence-electron chi connectivity index (χ2n) is 6.01. The Balaban J connectivity index is 0.00000484. The van der Waals surface area contributed by atoms with Crippen molar-refractivity contribution in [1.82, 2.24) is 10.2 Å². The molecule has 0 spiro atoms. The minimum Gasteiger partial charge on any atom is -0.379 e. The molecule has 0 amide bonds. The molecular formula is C17H36IN3O2. The van der Waals surface area contributed by atoms with Crippen molar-refractivity contribution in [3.05, 3.63) is 0 Å². The van der Waals surface area contributed by atoms with E-state index < -0.39 is 0 Å². The Morgan fingerprint density at radius 2 is 1.91 bits per heavy atom. The molecule has 0 saturated carbocycles. The molecule has 138 valence electrons. The Morgan fingerprint density at radius 3 is 2.57 bits per heavy atom. The fourth-order valence-corrected chi connectivity index (χ4v) is 2.59. The Bertz CT molecular complexity index is 304. The van der Waals surface area contributed by atoms with Gasteiger partial charge in [0.25, 0.3) is 0 Å². The topological polar surface area (TPSA) is 46.1 Å². The van der Waals surface area contributed by atoms with Gasteiger partial charge in [0.05, 0.1) is 26.4 Å². The van der Waals surface area contributed by atoms with Crippen LogP contribution in [0.3, 0.4) is 0 Å². The highest BCUT2D eigenvalue weighted by Gasteiger charge is 2.18. The summed E-state index contributed by atoms with van der Waals surface area (Å²) >= 11 is 0. The summed E-state index contributed by atoms with van der Waals surface area (Å²) in [6.45, 7) is 13.3. The molecule has 1 atom stereocenters. The quantitative estimate of drug-likeness (QED) is 0.245. The van der Waals surface area contributed by atoms with Crippen molar-refractivity contribution in [1.29, 1.82) is 0 Å². The zero-order valence-electron chi connectivity index (χ0n) is 15.2. The van der Waals surface area contributed by atoms with E-state index in [9.17, 15) is 0 Å². The molecule has 0 aliphatic carbocycles. The number of nitrogens with zero attached hydrogens (tertiary/aromatic N) is 2. The second kappa shape index (κ2) is 15.4. The average molecular weight is 441 g/mol. The predicted molar refractivity (Wildman–Crippen MR) is 108 cm³/mol. The fourth-order valence-electron chi connectivity index (χ4n) is 2.59. The number of hydrogen-bond acceptors (Lipinski definition) is 3. The van der Waals surface area contributed by atoms with Gasteiger partial charge in [-0.1, -0.05) is 20.3 Å². The van der Waals surface area contributed by atoms with Gasteiger partial charge in [0.1, 0.15) is 0 Å². The van der Waals surface area contributed by atoms with E-state index in [1.54, 1.807) is 0 Å². The van der Waals surface area contributed by atoms with Gasteiger partial charge in [-0.3, -0.25) is 4.99 Å². The number of nitrogens with one attached hydrogen (secondary N) is 1. The van der Waals surface area contributed by atoms with Crippen LogP contribution in [0.2, 0.25) is 0 Å². The number of likely N-dealkylation sites (tertiary alicyclic amines) is 1. The van der Waals surface area contributed by atoms with Gasteiger partial charge in [-0.25, -0.2) is 0 Å². The normalized spacial score (nSPS) is 18.7. The van der Waals surface area contributed by atoms with Gasteiger partial charge in [-0.05, 0) is 32.1 Å². The van der Waals surface area contributed by atoms with Crippen molar-refractivity contribution >= 4 is 29.9 Å². The van der Waals surface area contributed by atoms with Gasteiger partial charge < -0.3 is 19.7 Å². The van der Waals surface area contributed by atoms with Gasteiger partial charge in [0.15, 0.2) is 5.96 Å². The lowest BCUT2D eigenvalue weighted by Crippen LogP contribution is -2.46. The third-order valence-electron chi connectivity index (χ3n) is 3.80. The Morgan fingerprint density at radius 1 is 1.17 bits per heavy atom. The molecule has 6 heteroatoms. The lowest BCUT2D eigenvalue weighted by Gasteiger charge is -2.33. The number of hydrogen-bond donors (Lipinski definition) is 1. The SMILES string of the molecule is CCCCOCCOCCN=C(NCC)N1CCCC(C)C1.I. The van der Waals surface area contributed by atoms with E-state index in [1.165, 1.54) is 19.3 Å². The van der Waals surface area contributed by atoms with E-state index >= 15 is 0 Å². The van der Waals surface area contributed by atoms with E-state index in [2.05, 4.69) is 36.0 Å². The fraction of sp³-hybridized carbons (Fsp3) is 0.941. The molecular weight excluding hydrogens is 405 g/mol. The molecule has 1 aliphatic heterocycles. The molecule has 0 radical (unpaired) electrons. The lowest BCUT2D eigenvalue weighted by atomic mass is 10.0. The summed E-state index contributed by atoms with van der Waals surface area (Å²) in [5.41, 5.74) is 0. The first-order chi connectivity index (χ1) is 10.8. The number of unbranched alkanes of at least 4 members (excludes halogenated alkanes) is 1. The van der Waals surface area contributed by atoms with Gasteiger partial charge >= 0.3 is 0 Å². The molecule has 5 nitrogen and oxygen atoms in total. The van der Waals surface area contributed by atoms with Crippen LogP contribution in [0.25, 0.3) is 0 Å². The summed E-state index contributed by atoms with van der Waals surface area (Å²) in [4.78, 5) is 7.06. The van der Waals surface area contributed by atoms with Gasteiger partial charge in [-0.2, -0.15) is 0 Å². The first kappa shape index (κ1) is 22.9. The highest BCUT2D eigenvalue weighted by molar-refractivity contribution is 14.0. The molecule has 23 heavy (non-hydrogen) atoms. The van der Waals surface area contributed by atoms with Gasteiger partial charge in [0, 0.05) is 26.2 Å². The zero-order chi connectivity index (χ0) is 16.0. The maximum atomic E-state index is 5.57. The lowest BCUT2D eigenvalue weighted by molar-refractivity contribution is 0.0497. The van der Waals surface area contributed by atoms with E-state index in [0.717, 1.165) is 44.5 Å². The first-order valence-electron chi connectivity index (χ1n) is 8.96. The van der Waals surface area contributed by atoms with Crippen molar-refractivity contribution in [3.63, 3.8) is 0 Å². The number of piperidine rings is 1. The van der Waals surface area contributed by atoms with Crippen LogP contribution in [0.1, 0.15) is 46.5 Å². The summed E-state index contributed by atoms with van der Waals surface area (Å²) < 4.78 is 11.0. The molecule has 1 aliphatic rings. The van der Waals surface area contributed by atoms with Crippen LogP contribution in [0.4, 0.5) is 0 Å². The minimum atomic E-state index is 0. The Labute approximate surface area is 159 Å². The van der Waals surface area contributed by atoms with E-state index in [-0.39, 0.29) is 24.0 Å². The average Bonchev–Trinajstić information content (AvgIpc) is 2.52. The van der Waals surface area contributed by atoms with Crippen LogP contribution < -0.4 is 5.32 Å². The summed E-state index contributed by atoms with van der Waals surface area (Å²) in [6, 6.07) is 0. The van der Waals surface area contributed by atoms with Crippen molar-refractivity contribution in [2.45, 2.75) is 46.5 Å². The second-order valence-corrected chi connectivity index (χ2v) is 6.01. The van der Waals surface area contributed by atoms with Gasteiger partial charge in [0.2, 0.25) is 0 Å². The molecule has 1 fully saturated rings. The monoisotopic (exact) mass is 441 g/mol. The smallest absolute Gasteiger partial charge is 0.194 e. The van der Waals surface area contributed by atoms with E-state index in [1.807, 2.05) is 0 Å². The first-order valence-corrected chi connectivity index (χ1v) is 8.96. The maximum absolute atomic E-state index is 5.57. The summed E-state index contributed by atoms with van der Waals surface area (Å²) in [7, 11) is 0. The van der Waals surface area contributed by atoms with Crippen molar-refractivity contribution in [3.8, 4) is 0 Å². The maximum Gasteiger partial charge on any atom is 0.194 e. The zero-order valence-corrected chi connectivity index (χ0v) is 17.5. The highest BCUT2D eigenvalue weighted by Crippen LogP contribution is 2.15. The molecule has 1 N–H and O–H groups in total. The molecule has 0 bridgehead atoms. The molecule has 0 aromatic carbocycles. The standard InChI is InChI=1S/C17H35N3O2.HI/c1-4-6-11-21-13-14-22-12-9-19-17(18-5-2)20-10-7-8-16(3)15-20;/h16H,4-15H2,1-3H3,(H,18,19);1H. The summed E-state index contributed by atoms with van der Waals surface area (Å²) in [5.74, 6) is 1.80. The Kier molecular flexibility index (Phi) is 15.4. The third kappa shape index (κ3) is 11.2.